The fraction of sp³-hybridized carbons (Fsp3) is 0.0769. The van der Waals surface area contributed by atoms with Crippen LogP contribution in [0.5, 0.6) is 0 Å². The van der Waals surface area contributed by atoms with Crippen molar-refractivity contribution in [3.8, 4) is 0 Å². The van der Waals surface area contributed by atoms with Gasteiger partial charge in [-0.05, 0) is 19.1 Å². The average Bonchev–Trinajstić information content (AvgIpc) is 2.90. The highest BCUT2D eigenvalue weighted by molar-refractivity contribution is 5.79. The van der Waals surface area contributed by atoms with Crippen molar-refractivity contribution in [3.05, 3.63) is 42.7 Å². The molecule has 3 aromatic heterocycles. The Kier molecular flexibility index (Phi) is 3.34. The first-order valence-corrected chi connectivity index (χ1v) is 6.20. The lowest BCUT2D eigenvalue weighted by atomic mass is 10.3. The second-order valence-corrected chi connectivity index (χ2v) is 4.29. The maximum Gasteiger partial charge on any atom is 0.175 e. The van der Waals surface area contributed by atoms with E-state index in [1.54, 1.807) is 25.4 Å². The summed E-state index contributed by atoms with van der Waals surface area (Å²) in [6.45, 7) is 1.80. The highest BCUT2D eigenvalue weighted by Crippen LogP contribution is 2.27. The Balaban J connectivity index is 1.85. The number of rotatable bonds is 4. The summed E-state index contributed by atoms with van der Waals surface area (Å²) < 4.78 is 4.98. The van der Waals surface area contributed by atoms with Crippen LogP contribution >= 0.6 is 0 Å². The largest absolute Gasteiger partial charge is 0.393 e. The normalized spacial score (nSPS) is 10.3. The molecule has 0 fully saturated rings. The van der Waals surface area contributed by atoms with Crippen LogP contribution in [0, 0.1) is 6.92 Å². The lowest BCUT2D eigenvalue weighted by Gasteiger charge is -2.10. The van der Waals surface area contributed by atoms with Crippen LogP contribution in [0.3, 0.4) is 0 Å². The predicted octanol–water partition coefficient (Wildman–Crippen LogP) is 2.24. The van der Waals surface area contributed by atoms with Crippen molar-refractivity contribution in [3.63, 3.8) is 0 Å². The van der Waals surface area contributed by atoms with Crippen molar-refractivity contribution in [2.45, 2.75) is 6.92 Å². The van der Waals surface area contributed by atoms with Gasteiger partial charge in [-0.3, -0.25) is 4.98 Å². The van der Waals surface area contributed by atoms with E-state index in [4.69, 9.17) is 10.3 Å². The van der Waals surface area contributed by atoms with E-state index in [0.29, 0.717) is 28.9 Å². The number of nitrogens with one attached hydrogen (secondary N) is 2. The van der Waals surface area contributed by atoms with Gasteiger partial charge in [0.1, 0.15) is 17.8 Å². The number of aromatic nitrogens is 4. The Morgan fingerprint density at radius 2 is 1.81 bits per heavy atom. The molecule has 0 bridgehead atoms. The molecule has 0 aliphatic carbocycles. The minimum atomic E-state index is 0.384. The minimum Gasteiger partial charge on any atom is -0.393 e. The summed E-state index contributed by atoms with van der Waals surface area (Å²) in [6, 6.07) is 5.38. The van der Waals surface area contributed by atoms with Crippen LogP contribution in [-0.4, -0.2) is 20.1 Å². The standard InChI is InChI=1S/C13H13N7O/c1-8-6-10(20-21-8)19-13-11(14)12(16-7-17-13)18-9-2-4-15-5-3-9/h2-7H,14H2,1H3,(H2,15,16,17,18,19,20). The molecular formula is C13H13N7O. The second-order valence-electron chi connectivity index (χ2n) is 4.29. The highest BCUT2D eigenvalue weighted by atomic mass is 16.5. The van der Waals surface area contributed by atoms with Crippen molar-refractivity contribution in [2.24, 2.45) is 0 Å². The molecule has 0 radical (unpaired) electrons. The molecule has 106 valence electrons. The third-order valence-corrected chi connectivity index (χ3v) is 2.70. The van der Waals surface area contributed by atoms with Gasteiger partial charge in [0.15, 0.2) is 17.5 Å². The van der Waals surface area contributed by atoms with E-state index in [9.17, 15) is 0 Å². The van der Waals surface area contributed by atoms with E-state index in [2.05, 4.69) is 30.7 Å². The summed E-state index contributed by atoms with van der Waals surface area (Å²) in [4.78, 5) is 12.2. The van der Waals surface area contributed by atoms with Crippen LogP contribution in [0.25, 0.3) is 0 Å². The van der Waals surface area contributed by atoms with Gasteiger partial charge in [-0.1, -0.05) is 5.16 Å². The lowest BCUT2D eigenvalue weighted by molar-refractivity contribution is 0.400. The number of nitrogen functional groups attached to an aromatic ring is 1. The SMILES string of the molecule is Cc1cc(Nc2ncnc(Nc3ccncc3)c2N)no1. The van der Waals surface area contributed by atoms with Crippen LogP contribution in [0.1, 0.15) is 5.76 Å². The number of aryl methyl sites for hydroxylation is 1. The summed E-state index contributed by atoms with van der Waals surface area (Å²) in [6.07, 6.45) is 4.77. The molecule has 0 spiro atoms. The van der Waals surface area contributed by atoms with E-state index < -0.39 is 0 Å². The number of anilines is 5. The molecule has 8 heteroatoms. The second kappa shape index (κ2) is 5.45. The van der Waals surface area contributed by atoms with Crippen LogP contribution in [0.4, 0.5) is 28.8 Å². The topological polar surface area (TPSA) is 115 Å². The third kappa shape index (κ3) is 2.89. The Morgan fingerprint density at radius 3 is 2.48 bits per heavy atom. The zero-order valence-electron chi connectivity index (χ0n) is 11.2. The number of nitrogens with zero attached hydrogens (tertiary/aromatic N) is 4. The van der Waals surface area contributed by atoms with Crippen LogP contribution in [0.15, 0.2) is 41.4 Å². The Labute approximate surface area is 120 Å². The van der Waals surface area contributed by atoms with Crippen molar-refractivity contribution in [1.29, 1.82) is 0 Å². The molecule has 0 unspecified atom stereocenters. The molecule has 0 saturated heterocycles. The summed E-state index contributed by atoms with van der Waals surface area (Å²) >= 11 is 0. The molecule has 0 atom stereocenters. The van der Waals surface area contributed by atoms with E-state index >= 15 is 0 Å². The van der Waals surface area contributed by atoms with Gasteiger partial charge in [-0.2, -0.15) is 0 Å². The first-order valence-electron chi connectivity index (χ1n) is 6.20. The number of hydrogen-bond donors (Lipinski definition) is 3. The predicted molar refractivity (Wildman–Crippen MR) is 78.5 cm³/mol. The molecule has 21 heavy (non-hydrogen) atoms. The van der Waals surface area contributed by atoms with Gasteiger partial charge in [-0.25, -0.2) is 9.97 Å². The molecule has 0 amide bonds. The molecule has 4 N–H and O–H groups in total. The molecule has 0 saturated carbocycles. The van der Waals surface area contributed by atoms with Crippen molar-refractivity contribution >= 4 is 28.8 Å². The molecule has 0 aliphatic rings. The van der Waals surface area contributed by atoms with Crippen LogP contribution in [0.2, 0.25) is 0 Å². The summed E-state index contributed by atoms with van der Waals surface area (Å²) in [7, 11) is 0. The fourth-order valence-electron chi connectivity index (χ4n) is 1.71. The van der Waals surface area contributed by atoms with Crippen molar-refractivity contribution in [1.82, 2.24) is 20.1 Å². The van der Waals surface area contributed by atoms with Gasteiger partial charge in [0.25, 0.3) is 0 Å². The molecule has 0 aromatic carbocycles. The zero-order chi connectivity index (χ0) is 14.7. The number of hydrogen-bond acceptors (Lipinski definition) is 8. The van der Waals surface area contributed by atoms with Crippen LogP contribution in [-0.2, 0) is 0 Å². The van der Waals surface area contributed by atoms with Gasteiger partial charge in [-0.15, -0.1) is 0 Å². The monoisotopic (exact) mass is 283 g/mol. The Bertz CT molecular complexity index is 741. The van der Waals surface area contributed by atoms with Gasteiger partial charge >= 0.3 is 0 Å². The maximum atomic E-state index is 6.06. The Morgan fingerprint density at radius 1 is 1.10 bits per heavy atom. The van der Waals surface area contributed by atoms with E-state index in [-0.39, 0.29) is 0 Å². The molecule has 8 nitrogen and oxygen atoms in total. The highest BCUT2D eigenvalue weighted by Gasteiger charge is 2.10. The number of nitrogens with two attached hydrogens (primary N) is 1. The quantitative estimate of drug-likeness (QED) is 0.667. The Hall–Kier alpha value is -3.16. The lowest BCUT2D eigenvalue weighted by Crippen LogP contribution is -2.05. The average molecular weight is 283 g/mol. The number of pyridine rings is 1. The summed E-state index contributed by atoms with van der Waals surface area (Å²) in [5, 5.41) is 9.92. The fourth-order valence-corrected chi connectivity index (χ4v) is 1.71. The molecule has 3 heterocycles. The molecule has 3 aromatic rings. The van der Waals surface area contributed by atoms with Crippen molar-refractivity contribution < 1.29 is 4.52 Å². The molecular weight excluding hydrogens is 270 g/mol. The van der Waals surface area contributed by atoms with E-state index in [1.807, 2.05) is 12.1 Å². The molecule has 3 rings (SSSR count). The summed E-state index contributed by atoms with van der Waals surface area (Å²) in [5.74, 6) is 2.18. The van der Waals surface area contributed by atoms with E-state index in [0.717, 1.165) is 5.69 Å². The maximum absolute atomic E-state index is 6.06. The van der Waals surface area contributed by atoms with Crippen LogP contribution < -0.4 is 16.4 Å². The van der Waals surface area contributed by atoms with Gasteiger partial charge in [0.05, 0.1) is 0 Å². The van der Waals surface area contributed by atoms with Crippen molar-refractivity contribution in [2.75, 3.05) is 16.4 Å². The van der Waals surface area contributed by atoms with E-state index in [1.165, 1.54) is 6.33 Å². The minimum absolute atomic E-state index is 0.384. The first kappa shape index (κ1) is 12.9. The van der Waals surface area contributed by atoms with Gasteiger partial charge < -0.3 is 20.9 Å². The smallest absolute Gasteiger partial charge is 0.175 e. The summed E-state index contributed by atoms with van der Waals surface area (Å²) in [5.41, 5.74) is 7.28. The third-order valence-electron chi connectivity index (χ3n) is 2.70. The van der Waals surface area contributed by atoms with Gasteiger partial charge in [0.2, 0.25) is 0 Å². The van der Waals surface area contributed by atoms with Gasteiger partial charge in [0, 0.05) is 24.1 Å². The first-order chi connectivity index (χ1) is 10.2. The molecule has 0 aliphatic heterocycles. The zero-order valence-corrected chi connectivity index (χ0v) is 11.2.